The Balaban J connectivity index is 0.000000219. The summed E-state index contributed by atoms with van der Waals surface area (Å²) in [7, 11) is -3.94. The van der Waals surface area contributed by atoms with Crippen molar-refractivity contribution >= 4 is 54.5 Å². The van der Waals surface area contributed by atoms with Crippen LogP contribution in [0.4, 0.5) is 0 Å². The lowest BCUT2D eigenvalue weighted by Gasteiger charge is -2.31. The first-order valence-corrected chi connectivity index (χ1v) is 28.0. The van der Waals surface area contributed by atoms with Gasteiger partial charge in [0.15, 0.2) is 0 Å². The molecule has 2 aromatic heterocycles. The largest absolute Gasteiger partial charge is 0.497 e. The highest BCUT2D eigenvalue weighted by molar-refractivity contribution is 7.91. The van der Waals surface area contributed by atoms with E-state index in [1.54, 1.807) is 95.6 Å². The summed E-state index contributed by atoms with van der Waals surface area (Å²) in [5.41, 5.74) is 4.70. The quantitative estimate of drug-likeness (QED) is 0.0627. The van der Waals surface area contributed by atoms with Crippen LogP contribution in [0, 0.1) is 0 Å². The van der Waals surface area contributed by atoms with Gasteiger partial charge in [0, 0.05) is 59.1 Å². The Morgan fingerprint density at radius 3 is 1.49 bits per heavy atom. The van der Waals surface area contributed by atoms with Crippen molar-refractivity contribution in [2.45, 2.75) is 72.6 Å². The van der Waals surface area contributed by atoms with E-state index in [4.69, 9.17) is 9.47 Å². The minimum Gasteiger partial charge on any atom is -0.497 e. The summed E-state index contributed by atoms with van der Waals surface area (Å²) in [5.74, 6) is 0.752. The van der Waals surface area contributed by atoms with Gasteiger partial charge in [0.2, 0.25) is 0 Å². The van der Waals surface area contributed by atoms with Gasteiger partial charge in [-0.25, -0.2) is 16.8 Å². The number of nitrogens with one attached hydrogen (secondary N) is 4. The average Bonchev–Trinajstić information content (AvgIpc) is 4.10. The number of thiophene rings is 2. The molecule has 2 aliphatic heterocycles. The number of rotatable bonds is 19. The van der Waals surface area contributed by atoms with Crippen LogP contribution >= 0.6 is 22.7 Å². The van der Waals surface area contributed by atoms with Gasteiger partial charge >= 0.3 is 0 Å². The molecule has 2 fully saturated rings. The molecule has 4 N–H and O–H groups in total. The van der Waals surface area contributed by atoms with E-state index >= 15 is 0 Å². The fraction of sp³-hybridized carbons (Fsp3) is 0.346. The first kappa shape index (κ1) is 52.4. The molecule has 372 valence electrons. The van der Waals surface area contributed by atoms with Gasteiger partial charge in [-0.15, -0.1) is 22.7 Å². The number of nitrogens with zero attached hydrogens (tertiary/aromatic N) is 2. The number of hydrogen-bond donors (Lipinski definition) is 4. The fourth-order valence-electron chi connectivity index (χ4n) is 8.31. The third kappa shape index (κ3) is 14.1. The van der Waals surface area contributed by atoms with E-state index < -0.39 is 20.0 Å². The van der Waals surface area contributed by atoms with Crippen LogP contribution in [0.5, 0.6) is 11.5 Å². The molecular weight excluding hydrogens is 965 g/mol. The molecule has 2 saturated heterocycles. The highest BCUT2D eigenvalue weighted by Gasteiger charge is 2.32. The number of carbonyl (C=O) groups is 2. The zero-order chi connectivity index (χ0) is 49.5. The van der Waals surface area contributed by atoms with E-state index in [2.05, 4.69) is 76.7 Å². The molecule has 2 aliphatic rings. The van der Waals surface area contributed by atoms with Gasteiger partial charge in [-0.2, -0.15) is 8.61 Å². The van der Waals surface area contributed by atoms with Crippen molar-refractivity contribution in [3.05, 3.63) is 154 Å². The maximum atomic E-state index is 13.3. The smallest absolute Gasteiger partial charge is 0.252 e. The van der Waals surface area contributed by atoms with Gasteiger partial charge in [-0.05, 0) is 123 Å². The summed E-state index contributed by atoms with van der Waals surface area (Å²) in [5, 5.41) is 12.7. The third-order valence-corrected chi connectivity index (χ3v) is 19.2. The number of hydrogen-bond acceptors (Lipinski definition) is 12. The van der Waals surface area contributed by atoms with Crippen LogP contribution in [0.3, 0.4) is 0 Å². The van der Waals surface area contributed by atoms with Crippen molar-refractivity contribution in [3.8, 4) is 22.6 Å². The topological polar surface area (TPSA) is 175 Å². The fourth-order valence-corrected chi connectivity index (χ4v) is 14.1. The molecule has 0 unspecified atom stereocenters. The summed E-state index contributed by atoms with van der Waals surface area (Å²) >= 11 is 2.41. The molecule has 6 aromatic rings. The van der Waals surface area contributed by atoms with E-state index in [1.165, 1.54) is 39.4 Å². The summed E-state index contributed by atoms with van der Waals surface area (Å²) in [6.45, 7) is 6.39. The van der Waals surface area contributed by atoms with E-state index in [1.807, 2.05) is 6.07 Å². The monoisotopic (exact) mass is 1030 g/mol. The van der Waals surface area contributed by atoms with E-state index in [0.29, 0.717) is 69.3 Å². The molecule has 0 atom stereocenters. The van der Waals surface area contributed by atoms with E-state index in [-0.39, 0.29) is 24.9 Å². The first-order valence-electron chi connectivity index (χ1n) is 23.5. The van der Waals surface area contributed by atoms with Crippen molar-refractivity contribution in [3.63, 3.8) is 0 Å². The van der Waals surface area contributed by atoms with Gasteiger partial charge in [0.25, 0.3) is 31.9 Å². The molecule has 2 amide bonds. The molecule has 0 saturated carbocycles. The number of piperidine rings is 2. The number of ether oxygens (including phenoxy) is 2. The highest BCUT2D eigenvalue weighted by atomic mass is 32.3. The Hall–Kier alpha value is -5.44. The molecule has 8 rings (SSSR count). The number of benzene rings is 4. The van der Waals surface area contributed by atoms with Crippen LogP contribution in [0.2, 0.25) is 0 Å². The number of carbonyl (C=O) groups excluding carboxylic acids is 2. The molecule has 14 nitrogen and oxygen atoms in total. The molecule has 4 aromatic carbocycles. The average molecular weight is 1030 g/mol. The first-order chi connectivity index (χ1) is 33.9. The minimum atomic E-state index is -3.56. The molecule has 18 heteroatoms. The molecule has 70 heavy (non-hydrogen) atoms. The summed E-state index contributed by atoms with van der Waals surface area (Å²) in [6, 6.07) is 40.3. The second-order valence-corrected chi connectivity index (χ2v) is 23.6. The zero-order valence-electron chi connectivity index (χ0n) is 39.8. The van der Waals surface area contributed by atoms with Crippen LogP contribution in [0.1, 0.15) is 68.6 Å². The summed E-state index contributed by atoms with van der Waals surface area (Å²) < 4.78 is 66.5. The SMILES string of the molecule is CCNC1CCN(S(=O)(=O)c2ccc(CNC(=O)c3cccc(OC)c3)s2)CC1.COc1cccc(C(=O)NCc2ccc(S(=O)(=O)N3CCC(NCCc4ccc(-c5ccccc5)cc4)CC3)s2)c1. The lowest BCUT2D eigenvalue weighted by atomic mass is 10.0. The Kier molecular flexibility index (Phi) is 18.8. The second-order valence-electron chi connectivity index (χ2n) is 17.0. The number of sulfonamides is 2. The van der Waals surface area contributed by atoms with Gasteiger partial charge < -0.3 is 30.7 Å². The predicted molar refractivity (Wildman–Crippen MR) is 278 cm³/mol. The normalized spacial score (nSPS) is 15.1. The molecular formula is C52H62N6O8S4. The van der Waals surface area contributed by atoms with Gasteiger partial charge in [0.05, 0.1) is 27.3 Å². The minimum absolute atomic E-state index is 0.229. The molecule has 0 radical (unpaired) electrons. The van der Waals surface area contributed by atoms with Crippen LogP contribution in [0.25, 0.3) is 11.1 Å². The van der Waals surface area contributed by atoms with E-state index in [9.17, 15) is 26.4 Å². The number of amides is 2. The summed E-state index contributed by atoms with van der Waals surface area (Å²) in [6.07, 6.45) is 4.13. The molecule has 0 bridgehead atoms. The predicted octanol–water partition coefficient (Wildman–Crippen LogP) is 7.79. The maximum Gasteiger partial charge on any atom is 0.252 e. The van der Waals surface area contributed by atoms with Crippen LogP contribution in [-0.2, 0) is 39.6 Å². The van der Waals surface area contributed by atoms with E-state index in [0.717, 1.165) is 54.9 Å². The van der Waals surface area contributed by atoms with Crippen molar-refractivity contribution in [2.24, 2.45) is 0 Å². The molecule has 0 spiro atoms. The second kappa shape index (κ2) is 25.1. The van der Waals surface area contributed by atoms with Crippen molar-refractivity contribution in [1.82, 2.24) is 29.9 Å². The Morgan fingerprint density at radius 2 is 1.03 bits per heavy atom. The zero-order valence-corrected chi connectivity index (χ0v) is 43.0. The maximum absolute atomic E-state index is 13.3. The van der Waals surface area contributed by atoms with Gasteiger partial charge in [-0.3, -0.25) is 9.59 Å². The molecule has 0 aliphatic carbocycles. The highest BCUT2D eigenvalue weighted by Crippen LogP contribution is 2.29. The third-order valence-electron chi connectivity index (χ3n) is 12.3. The van der Waals surface area contributed by atoms with Crippen molar-refractivity contribution < 1.29 is 35.9 Å². The van der Waals surface area contributed by atoms with Crippen molar-refractivity contribution in [2.75, 3.05) is 53.5 Å². The standard InChI is InChI=1S/C32H35N3O4S2.C20H27N3O4S2/c1-39-29-9-5-8-27(22-29)32(36)34-23-30-14-15-31(40-30)41(37,38)35-20-17-28(18-21-35)33-19-16-24-10-12-26(13-11-24)25-6-3-2-4-7-25;1-3-21-16-9-11-23(12-10-16)29(25,26)19-8-7-18(28-19)14-22-20(24)15-5-4-6-17(13-15)27-2/h2-15,22,28,33H,16-21,23H2,1H3,(H,34,36);4-8,13,16,21H,3,9-12,14H2,1-2H3,(H,22,24). The lowest BCUT2D eigenvalue weighted by Crippen LogP contribution is -2.45. The number of methoxy groups -OCH3 is 2. The Labute approximate surface area is 420 Å². The van der Waals surface area contributed by atoms with Crippen LogP contribution in [0.15, 0.2) is 136 Å². The van der Waals surface area contributed by atoms with Crippen LogP contribution in [-0.4, -0.2) is 103 Å². The van der Waals surface area contributed by atoms with Gasteiger partial charge in [-0.1, -0.05) is 73.7 Å². The Bertz CT molecular complexity index is 2860. The van der Waals surface area contributed by atoms with Crippen molar-refractivity contribution in [1.29, 1.82) is 0 Å². The lowest BCUT2D eigenvalue weighted by molar-refractivity contribution is 0.0943. The Morgan fingerprint density at radius 1 is 0.571 bits per heavy atom. The van der Waals surface area contributed by atoms with Gasteiger partial charge in [0.1, 0.15) is 19.9 Å². The summed E-state index contributed by atoms with van der Waals surface area (Å²) in [4.78, 5) is 26.4. The van der Waals surface area contributed by atoms with Crippen LogP contribution < -0.4 is 30.7 Å². The molecule has 4 heterocycles.